The van der Waals surface area contributed by atoms with E-state index in [0.29, 0.717) is 18.5 Å². The predicted octanol–water partition coefficient (Wildman–Crippen LogP) is 2.33. The zero-order chi connectivity index (χ0) is 16.7. The van der Waals surface area contributed by atoms with Crippen LogP contribution in [0.1, 0.15) is 37.8 Å². The zero-order valence-corrected chi connectivity index (χ0v) is 14.2. The summed E-state index contributed by atoms with van der Waals surface area (Å²) in [4.78, 5) is 4.24. The second kappa shape index (κ2) is 8.89. The van der Waals surface area contributed by atoms with Crippen molar-refractivity contribution in [3.8, 4) is 0 Å². The van der Waals surface area contributed by atoms with Crippen LogP contribution in [0.5, 0.6) is 0 Å². The van der Waals surface area contributed by atoms with Gasteiger partial charge >= 0.3 is 0 Å². The minimum atomic E-state index is -0.610. The Morgan fingerprint density at radius 2 is 2.00 bits per heavy atom. The van der Waals surface area contributed by atoms with Gasteiger partial charge in [-0.15, -0.1) is 0 Å². The lowest BCUT2D eigenvalue weighted by Crippen LogP contribution is -2.27. The van der Waals surface area contributed by atoms with Gasteiger partial charge in [0, 0.05) is 12.3 Å². The molecule has 0 bridgehead atoms. The van der Waals surface area contributed by atoms with Crippen LogP contribution in [0.15, 0.2) is 23.2 Å². The molecule has 0 heterocycles. The standard InChI is InChI=1S/C18H29N3O2/c1-3-14-6-5-7-15(4-2)17(14)21-18(19)20-10-16(22)12-23-11-13-8-9-13/h5-7,13,16,22H,3-4,8-12H2,1-2H3,(H3,19,20,21). The van der Waals surface area contributed by atoms with Gasteiger partial charge in [0.05, 0.1) is 19.3 Å². The van der Waals surface area contributed by atoms with Gasteiger partial charge in [-0.3, -0.25) is 4.99 Å². The number of anilines is 1. The number of hydrogen-bond donors (Lipinski definition) is 3. The number of para-hydroxylation sites is 1. The van der Waals surface area contributed by atoms with E-state index < -0.39 is 6.10 Å². The molecule has 1 unspecified atom stereocenters. The Kier molecular flexibility index (Phi) is 6.86. The fourth-order valence-corrected chi connectivity index (χ4v) is 2.48. The number of aryl methyl sites for hydroxylation is 2. The van der Waals surface area contributed by atoms with Crippen molar-refractivity contribution in [2.24, 2.45) is 16.6 Å². The fourth-order valence-electron chi connectivity index (χ4n) is 2.48. The number of aliphatic imine (C=N–C) groups is 1. The van der Waals surface area contributed by atoms with Gasteiger partial charge in [-0.1, -0.05) is 32.0 Å². The maximum Gasteiger partial charge on any atom is 0.193 e. The fraction of sp³-hybridized carbons (Fsp3) is 0.611. The van der Waals surface area contributed by atoms with E-state index in [9.17, 15) is 5.11 Å². The van der Waals surface area contributed by atoms with Crippen LogP contribution >= 0.6 is 0 Å². The Balaban J connectivity index is 1.85. The Bertz CT molecular complexity index is 505. The number of rotatable bonds is 9. The number of ether oxygens (including phenoxy) is 1. The molecule has 1 aromatic carbocycles. The van der Waals surface area contributed by atoms with E-state index in [-0.39, 0.29) is 6.54 Å². The number of aliphatic hydroxyl groups excluding tert-OH is 1. The number of aliphatic hydroxyl groups is 1. The topological polar surface area (TPSA) is 79.9 Å². The molecule has 1 atom stereocenters. The van der Waals surface area contributed by atoms with Gasteiger partial charge in [-0.2, -0.15) is 0 Å². The van der Waals surface area contributed by atoms with Crippen molar-refractivity contribution in [3.63, 3.8) is 0 Å². The molecule has 0 amide bonds. The van der Waals surface area contributed by atoms with E-state index in [0.717, 1.165) is 25.1 Å². The Morgan fingerprint density at radius 1 is 1.35 bits per heavy atom. The highest BCUT2D eigenvalue weighted by molar-refractivity contribution is 5.93. The second-order valence-corrected chi connectivity index (χ2v) is 6.14. The van der Waals surface area contributed by atoms with Crippen molar-refractivity contribution in [2.75, 3.05) is 25.1 Å². The molecule has 2 rings (SSSR count). The lowest BCUT2D eigenvalue weighted by Gasteiger charge is -2.15. The molecular formula is C18H29N3O2. The highest BCUT2D eigenvalue weighted by Crippen LogP contribution is 2.28. The molecule has 0 aromatic heterocycles. The van der Waals surface area contributed by atoms with Crippen molar-refractivity contribution in [1.82, 2.24) is 0 Å². The first kappa shape index (κ1) is 17.8. The number of nitrogens with zero attached hydrogens (tertiary/aromatic N) is 1. The zero-order valence-electron chi connectivity index (χ0n) is 14.2. The lowest BCUT2D eigenvalue weighted by atomic mass is 10.0. The molecule has 0 radical (unpaired) electrons. The van der Waals surface area contributed by atoms with Crippen molar-refractivity contribution >= 4 is 11.6 Å². The van der Waals surface area contributed by atoms with Gasteiger partial charge in [-0.05, 0) is 42.7 Å². The molecule has 1 aliphatic rings. The Morgan fingerprint density at radius 3 is 2.57 bits per heavy atom. The van der Waals surface area contributed by atoms with Crippen molar-refractivity contribution in [2.45, 2.75) is 45.6 Å². The first-order chi connectivity index (χ1) is 11.1. The van der Waals surface area contributed by atoms with Gasteiger partial charge in [0.15, 0.2) is 5.96 Å². The first-order valence-electron chi connectivity index (χ1n) is 8.57. The molecule has 0 saturated heterocycles. The van der Waals surface area contributed by atoms with Gasteiger partial charge in [0.2, 0.25) is 0 Å². The highest BCUT2D eigenvalue weighted by atomic mass is 16.5. The quantitative estimate of drug-likeness (QED) is 0.482. The number of nitrogens with one attached hydrogen (secondary N) is 1. The largest absolute Gasteiger partial charge is 0.389 e. The smallest absolute Gasteiger partial charge is 0.193 e. The summed E-state index contributed by atoms with van der Waals surface area (Å²) in [5.74, 6) is 1.04. The van der Waals surface area contributed by atoms with Gasteiger partial charge in [0.25, 0.3) is 0 Å². The Hall–Kier alpha value is -1.59. The molecule has 4 N–H and O–H groups in total. The van der Waals surface area contributed by atoms with E-state index in [2.05, 4.69) is 42.4 Å². The van der Waals surface area contributed by atoms with Crippen molar-refractivity contribution in [1.29, 1.82) is 0 Å². The number of benzene rings is 1. The molecule has 128 valence electrons. The van der Waals surface area contributed by atoms with E-state index in [1.54, 1.807) is 0 Å². The van der Waals surface area contributed by atoms with Crippen LogP contribution in [-0.4, -0.2) is 36.9 Å². The molecule has 5 nitrogen and oxygen atoms in total. The summed E-state index contributed by atoms with van der Waals surface area (Å²) in [6.07, 6.45) is 3.76. The maximum atomic E-state index is 9.88. The SMILES string of the molecule is CCc1cccc(CC)c1NC(N)=NCC(O)COCC1CC1. The van der Waals surface area contributed by atoms with Crippen molar-refractivity contribution < 1.29 is 9.84 Å². The minimum absolute atomic E-state index is 0.249. The average molecular weight is 319 g/mol. The van der Waals surface area contributed by atoms with Gasteiger partial charge < -0.3 is 20.9 Å². The van der Waals surface area contributed by atoms with Crippen LogP contribution in [0.4, 0.5) is 5.69 Å². The lowest BCUT2D eigenvalue weighted by molar-refractivity contribution is 0.0369. The van der Waals surface area contributed by atoms with Crippen molar-refractivity contribution in [3.05, 3.63) is 29.3 Å². The van der Waals surface area contributed by atoms with Crippen LogP contribution in [0.2, 0.25) is 0 Å². The number of guanidine groups is 1. The molecule has 1 saturated carbocycles. The summed E-state index contributed by atoms with van der Waals surface area (Å²) in [6, 6.07) is 6.25. The van der Waals surface area contributed by atoms with E-state index in [1.165, 1.54) is 24.0 Å². The van der Waals surface area contributed by atoms with Crippen LogP contribution in [0.25, 0.3) is 0 Å². The monoisotopic (exact) mass is 319 g/mol. The summed E-state index contributed by atoms with van der Waals surface area (Å²) < 4.78 is 5.46. The molecule has 0 aliphatic heterocycles. The number of hydrogen-bond acceptors (Lipinski definition) is 3. The highest BCUT2D eigenvalue weighted by Gasteiger charge is 2.21. The third-order valence-electron chi connectivity index (χ3n) is 4.09. The normalized spacial score (nSPS) is 16.4. The molecule has 1 fully saturated rings. The van der Waals surface area contributed by atoms with Crippen LogP contribution in [0, 0.1) is 5.92 Å². The number of nitrogens with two attached hydrogens (primary N) is 1. The van der Waals surface area contributed by atoms with Gasteiger partial charge in [0.1, 0.15) is 0 Å². The first-order valence-corrected chi connectivity index (χ1v) is 8.57. The average Bonchev–Trinajstić information content (AvgIpc) is 3.37. The molecule has 1 aromatic rings. The van der Waals surface area contributed by atoms with Crippen LogP contribution in [-0.2, 0) is 17.6 Å². The summed E-state index contributed by atoms with van der Waals surface area (Å²) in [6.45, 7) is 5.55. The van der Waals surface area contributed by atoms with E-state index in [1.807, 2.05) is 0 Å². The van der Waals surface area contributed by atoms with Crippen LogP contribution < -0.4 is 11.1 Å². The third kappa shape index (κ3) is 5.84. The predicted molar refractivity (Wildman–Crippen MR) is 94.9 cm³/mol. The summed E-state index contributed by atoms with van der Waals surface area (Å²) in [5.41, 5.74) is 9.45. The third-order valence-corrected chi connectivity index (χ3v) is 4.09. The van der Waals surface area contributed by atoms with Crippen LogP contribution in [0.3, 0.4) is 0 Å². The summed E-state index contributed by atoms with van der Waals surface area (Å²) in [5, 5.41) is 13.1. The molecule has 23 heavy (non-hydrogen) atoms. The maximum absolute atomic E-state index is 9.88. The summed E-state index contributed by atoms with van der Waals surface area (Å²) >= 11 is 0. The molecule has 1 aliphatic carbocycles. The minimum Gasteiger partial charge on any atom is -0.389 e. The second-order valence-electron chi connectivity index (χ2n) is 6.14. The Labute approximate surface area is 138 Å². The molecule has 0 spiro atoms. The van der Waals surface area contributed by atoms with Gasteiger partial charge in [-0.25, -0.2) is 0 Å². The summed E-state index contributed by atoms with van der Waals surface area (Å²) in [7, 11) is 0. The molecule has 5 heteroatoms. The van der Waals surface area contributed by atoms with E-state index >= 15 is 0 Å². The molecular weight excluding hydrogens is 290 g/mol. The van der Waals surface area contributed by atoms with E-state index in [4.69, 9.17) is 10.5 Å².